The van der Waals surface area contributed by atoms with Crippen molar-refractivity contribution in [3.05, 3.63) is 64.0 Å². The SMILES string of the molecule is COc1ccc([C@@H](N)c2nc(-c3ccc([N+](=O)[O-])cc3)n[nH]2)cc1OC. The maximum Gasteiger partial charge on any atom is 0.269 e. The number of hydrogen-bond donors (Lipinski definition) is 2. The molecule has 0 fully saturated rings. The molecule has 26 heavy (non-hydrogen) atoms. The molecule has 0 radical (unpaired) electrons. The van der Waals surface area contributed by atoms with Crippen molar-refractivity contribution < 1.29 is 14.4 Å². The molecule has 0 saturated heterocycles. The van der Waals surface area contributed by atoms with Gasteiger partial charge in [0.1, 0.15) is 5.82 Å². The Bertz CT molecular complexity index is 923. The molecule has 0 saturated carbocycles. The van der Waals surface area contributed by atoms with Crippen LogP contribution < -0.4 is 15.2 Å². The maximum atomic E-state index is 10.7. The number of nitrogens with two attached hydrogens (primary N) is 1. The van der Waals surface area contributed by atoms with E-state index >= 15 is 0 Å². The highest BCUT2D eigenvalue weighted by molar-refractivity contribution is 5.57. The molecule has 0 bridgehead atoms. The molecule has 3 rings (SSSR count). The van der Waals surface area contributed by atoms with Crippen molar-refractivity contribution >= 4 is 5.69 Å². The van der Waals surface area contributed by atoms with Gasteiger partial charge in [-0.15, -0.1) is 0 Å². The number of H-pyrrole nitrogens is 1. The lowest BCUT2D eigenvalue weighted by atomic mass is 10.1. The summed E-state index contributed by atoms with van der Waals surface area (Å²) in [7, 11) is 3.11. The zero-order valence-electron chi connectivity index (χ0n) is 14.2. The average molecular weight is 355 g/mol. The van der Waals surface area contributed by atoms with Crippen LogP contribution >= 0.6 is 0 Å². The van der Waals surface area contributed by atoms with Gasteiger partial charge in [-0.3, -0.25) is 15.2 Å². The number of nitrogens with one attached hydrogen (secondary N) is 1. The predicted octanol–water partition coefficient (Wildman–Crippen LogP) is 2.45. The Morgan fingerprint density at radius 3 is 2.42 bits per heavy atom. The Morgan fingerprint density at radius 2 is 1.81 bits per heavy atom. The fourth-order valence-electron chi connectivity index (χ4n) is 2.48. The number of aromatic amines is 1. The molecular formula is C17H17N5O4. The number of aromatic nitrogens is 3. The lowest BCUT2D eigenvalue weighted by Gasteiger charge is -2.13. The highest BCUT2D eigenvalue weighted by atomic mass is 16.6. The summed E-state index contributed by atoms with van der Waals surface area (Å²) in [4.78, 5) is 14.7. The van der Waals surface area contributed by atoms with Crippen molar-refractivity contribution in [3.8, 4) is 22.9 Å². The molecule has 3 N–H and O–H groups in total. The second kappa shape index (κ2) is 7.19. The number of hydrogen-bond acceptors (Lipinski definition) is 7. The first kappa shape index (κ1) is 17.4. The summed E-state index contributed by atoms with van der Waals surface area (Å²) in [6, 6.07) is 10.8. The minimum Gasteiger partial charge on any atom is -0.493 e. The Labute approximate surface area is 148 Å². The summed E-state index contributed by atoms with van der Waals surface area (Å²) < 4.78 is 10.5. The first-order valence-corrected chi connectivity index (χ1v) is 7.68. The number of rotatable bonds is 6. The van der Waals surface area contributed by atoms with Crippen LogP contribution in [0.25, 0.3) is 11.4 Å². The fraction of sp³-hybridized carbons (Fsp3) is 0.176. The van der Waals surface area contributed by atoms with Gasteiger partial charge in [-0.2, -0.15) is 5.10 Å². The van der Waals surface area contributed by atoms with Crippen LogP contribution in [-0.2, 0) is 0 Å². The number of nitro benzene ring substituents is 1. The number of nitrogens with zero attached hydrogens (tertiary/aromatic N) is 3. The predicted molar refractivity (Wildman–Crippen MR) is 94.0 cm³/mol. The molecule has 0 aliphatic rings. The van der Waals surface area contributed by atoms with E-state index in [0.29, 0.717) is 28.7 Å². The first-order chi connectivity index (χ1) is 12.5. The van der Waals surface area contributed by atoms with E-state index in [0.717, 1.165) is 5.56 Å². The smallest absolute Gasteiger partial charge is 0.269 e. The van der Waals surface area contributed by atoms with Gasteiger partial charge in [0.25, 0.3) is 5.69 Å². The van der Waals surface area contributed by atoms with Crippen molar-refractivity contribution in [2.45, 2.75) is 6.04 Å². The zero-order chi connectivity index (χ0) is 18.7. The molecule has 3 aromatic rings. The minimum atomic E-state index is -0.547. The van der Waals surface area contributed by atoms with E-state index in [4.69, 9.17) is 15.2 Å². The molecule has 0 amide bonds. The Morgan fingerprint density at radius 1 is 1.12 bits per heavy atom. The van der Waals surface area contributed by atoms with Crippen molar-refractivity contribution in [1.29, 1.82) is 0 Å². The Balaban J connectivity index is 1.86. The third kappa shape index (κ3) is 3.33. The van der Waals surface area contributed by atoms with Gasteiger partial charge < -0.3 is 15.2 Å². The highest BCUT2D eigenvalue weighted by Crippen LogP contribution is 2.31. The van der Waals surface area contributed by atoms with Crippen LogP contribution in [0.2, 0.25) is 0 Å². The first-order valence-electron chi connectivity index (χ1n) is 7.68. The number of methoxy groups -OCH3 is 2. The van der Waals surface area contributed by atoms with Gasteiger partial charge in [-0.05, 0) is 29.8 Å². The van der Waals surface area contributed by atoms with Gasteiger partial charge in [0.2, 0.25) is 0 Å². The van der Waals surface area contributed by atoms with Crippen LogP contribution in [0.3, 0.4) is 0 Å². The molecule has 0 unspecified atom stereocenters. The average Bonchev–Trinajstić information content (AvgIpc) is 3.17. The zero-order valence-corrected chi connectivity index (χ0v) is 14.2. The molecule has 0 spiro atoms. The minimum absolute atomic E-state index is 0.00605. The molecule has 1 atom stereocenters. The van der Waals surface area contributed by atoms with Crippen LogP contribution in [0.5, 0.6) is 11.5 Å². The summed E-state index contributed by atoms with van der Waals surface area (Å²) in [6.45, 7) is 0. The van der Waals surface area contributed by atoms with E-state index in [2.05, 4.69) is 15.2 Å². The largest absolute Gasteiger partial charge is 0.493 e. The number of ether oxygens (including phenoxy) is 2. The molecule has 9 nitrogen and oxygen atoms in total. The number of nitro groups is 1. The molecule has 134 valence electrons. The standard InChI is InChI=1S/C17H17N5O4/c1-25-13-8-5-11(9-14(13)26-2)15(18)17-19-16(20-21-17)10-3-6-12(7-4-10)22(23)24/h3-9,15H,18H2,1-2H3,(H,19,20,21)/t15-/m1/s1. The van der Waals surface area contributed by atoms with Gasteiger partial charge in [0, 0.05) is 17.7 Å². The van der Waals surface area contributed by atoms with Crippen LogP contribution in [-0.4, -0.2) is 34.3 Å². The topological polar surface area (TPSA) is 129 Å². The summed E-state index contributed by atoms with van der Waals surface area (Å²) in [5, 5.41) is 17.7. The van der Waals surface area contributed by atoms with Crippen molar-refractivity contribution in [3.63, 3.8) is 0 Å². The Kier molecular flexibility index (Phi) is 4.81. The lowest BCUT2D eigenvalue weighted by molar-refractivity contribution is -0.384. The van der Waals surface area contributed by atoms with Gasteiger partial charge in [0.15, 0.2) is 17.3 Å². The third-order valence-electron chi connectivity index (χ3n) is 3.90. The summed E-state index contributed by atoms with van der Waals surface area (Å²) in [5.41, 5.74) is 7.70. The second-order valence-electron chi connectivity index (χ2n) is 5.44. The molecular weight excluding hydrogens is 338 g/mol. The summed E-state index contributed by atoms with van der Waals surface area (Å²) >= 11 is 0. The number of non-ortho nitro benzene ring substituents is 1. The monoisotopic (exact) mass is 355 g/mol. The van der Waals surface area contributed by atoms with Crippen molar-refractivity contribution in [2.24, 2.45) is 5.73 Å². The van der Waals surface area contributed by atoms with E-state index in [1.54, 1.807) is 38.5 Å². The van der Waals surface area contributed by atoms with E-state index in [1.807, 2.05) is 6.07 Å². The van der Waals surface area contributed by atoms with E-state index < -0.39 is 11.0 Å². The van der Waals surface area contributed by atoms with E-state index in [9.17, 15) is 10.1 Å². The van der Waals surface area contributed by atoms with Gasteiger partial charge in [0.05, 0.1) is 25.2 Å². The van der Waals surface area contributed by atoms with Crippen molar-refractivity contribution in [2.75, 3.05) is 14.2 Å². The van der Waals surface area contributed by atoms with Crippen LogP contribution in [0.4, 0.5) is 5.69 Å². The molecule has 2 aromatic carbocycles. The Hall–Kier alpha value is -3.46. The van der Waals surface area contributed by atoms with E-state index in [-0.39, 0.29) is 5.69 Å². The van der Waals surface area contributed by atoms with Gasteiger partial charge in [-0.25, -0.2) is 4.98 Å². The maximum absolute atomic E-state index is 10.7. The fourth-order valence-corrected chi connectivity index (χ4v) is 2.48. The summed E-state index contributed by atoms with van der Waals surface area (Å²) in [6.07, 6.45) is 0. The molecule has 9 heteroatoms. The van der Waals surface area contributed by atoms with Gasteiger partial charge >= 0.3 is 0 Å². The van der Waals surface area contributed by atoms with Crippen LogP contribution in [0.1, 0.15) is 17.4 Å². The van der Waals surface area contributed by atoms with Crippen LogP contribution in [0, 0.1) is 10.1 Å². The third-order valence-corrected chi connectivity index (χ3v) is 3.90. The lowest BCUT2D eigenvalue weighted by Crippen LogP contribution is -2.14. The molecule has 1 aromatic heterocycles. The molecule has 0 aliphatic carbocycles. The molecule has 1 heterocycles. The van der Waals surface area contributed by atoms with Gasteiger partial charge in [-0.1, -0.05) is 6.07 Å². The second-order valence-corrected chi connectivity index (χ2v) is 5.44. The quantitative estimate of drug-likeness (QED) is 0.513. The van der Waals surface area contributed by atoms with E-state index in [1.165, 1.54) is 12.1 Å². The molecule has 0 aliphatic heterocycles. The van der Waals surface area contributed by atoms with Crippen molar-refractivity contribution in [1.82, 2.24) is 15.2 Å². The van der Waals surface area contributed by atoms with Crippen LogP contribution in [0.15, 0.2) is 42.5 Å². The number of benzene rings is 2. The summed E-state index contributed by atoms with van der Waals surface area (Å²) in [5.74, 6) is 2.04. The normalized spacial score (nSPS) is 11.8. The highest BCUT2D eigenvalue weighted by Gasteiger charge is 2.17.